The van der Waals surface area contributed by atoms with Crippen LogP contribution in [0.1, 0.15) is 11.1 Å². The van der Waals surface area contributed by atoms with Crippen LogP contribution >= 0.6 is 0 Å². The van der Waals surface area contributed by atoms with E-state index in [4.69, 9.17) is 5.73 Å². The van der Waals surface area contributed by atoms with Gasteiger partial charge in [-0.1, -0.05) is 0 Å². The van der Waals surface area contributed by atoms with Crippen LogP contribution in [0.3, 0.4) is 0 Å². The summed E-state index contributed by atoms with van der Waals surface area (Å²) in [5, 5.41) is 5.53. The van der Waals surface area contributed by atoms with Gasteiger partial charge in [-0.15, -0.1) is 0 Å². The first-order valence-corrected chi connectivity index (χ1v) is 6.51. The Labute approximate surface area is 117 Å². The molecule has 0 atom stereocenters. The largest absolute Gasteiger partial charge is 0.398 e. The van der Waals surface area contributed by atoms with Crippen molar-refractivity contribution in [3.8, 4) is 0 Å². The molecule has 3 N–H and O–H groups in total. The molecule has 0 bridgehead atoms. The number of aromatic nitrogens is 2. The average Bonchev–Trinajstić information content (AvgIpc) is 2.48. The summed E-state index contributed by atoms with van der Waals surface area (Å²) in [6.45, 7) is 2.82. The second-order valence-electron chi connectivity index (χ2n) is 4.78. The molecule has 0 unspecified atom stereocenters. The quantitative estimate of drug-likeness (QED) is 0.713. The zero-order chi connectivity index (χ0) is 13.9. The molecule has 3 aromatic rings. The minimum atomic E-state index is 0.749. The number of nitrogens with zero attached hydrogens (tertiary/aromatic N) is 2. The number of aryl methyl sites for hydroxylation is 1. The number of fused-ring (bicyclic) bond motifs is 1. The van der Waals surface area contributed by atoms with Gasteiger partial charge in [-0.25, -0.2) is 0 Å². The van der Waals surface area contributed by atoms with Crippen LogP contribution in [0.15, 0.2) is 49.1 Å². The van der Waals surface area contributed by atoms with Crippen LogP contribution in [0.25, 0.3) is 10.8 Å². The molecule has 4 nitrogen and oxygen atoms in total. The van der Waals surface area contributed by atoms with Gasteiger partial charge in [0.25, 0.3) is 0 Å². The Morgan fingerprint density at radius 3 is 2.65 bits per heavy atom. The van der Waals surface area contributed by atoms with Gasteiger partial charge in [0.2, 0.25) is 0 Å². The molecule has 4 heteroatoms. The fourth-order valence-corrected chi connectivity index (χ4v) is 2.26. The van der Waals surface area contributed by atoms with Crippen LogP contribution < -0.4 is 11.1 Å². The number of nitrogens with one attached hydrogen (secondary N) is 1. The van der Waals surface area contributed by atoms with Crippen LogP contribution in [0.2, 0.25) is 0 Å². The van der Waals surface area contributed by atoms with Crippen LogP contribution in [-0.4, -0.2) is 9.97 Å². The number of nitrogens with two attached hydrogens (primary N) is 1. The van der Waals surface area contributed by atoms with Crippen molar-refractivity contribution in [2.75, 3.05) is 11.1 Å². The lowest BCUT2D eigenvalue weighted by Gasteiger charge is -2.12. The highest BCUT2D eigenvalue weighted by atomic mass is 14.9. The summed E-state index contributed by atoms with van der Waals surface area (Å²) in [4.78, 5) is 8.24. The molecule has 0 saturated carbocycles. The number of nitrogen functional groups attached to an aromatic ring is 1. The minimum absolute atomic E-state index is 0.749. The summed E-state index contributed by atoms with van der Waals surface area (Å²) in [5.74, 6) is 0. The molecule has 2 heterocycles. The predicted octanol–water partition coefficient (Wildman–Crippen LogP) is 3.13. The normalized spacial score (nSPS) is 10.7. The van der Waals surface area contributed by atoms with Gasteiger partial charge in [-0.3, -0.25) is 9.97 Å². The summed E-state index contributed by atoms with van der Waals surface area (Å²) in [5.41, 5.74) is 10.2. The highest BCUT2D eigenvalue weighted by molar-refractivity contribution is 6.00. The molecule has 100 valence electrons. The zero-order valence-corrected chi connectivity index (χ0v) is 11.3. The first-order chi connectivity index (χ1) is 9.75. The molecule has 0 aliphatic heterocycles. The van der Waals surface area contributed by atoms with E-state index in [9.17, 15) is 0 Å². The van der Waals surface area contributed by atoms with Crippen molar-refractivity contribution in [2.24, 2.45) is 0 Å². The molecule has 0 aliphatic carbocycles. The van der Waals surface area contributed by atoms with Crippen molar-refractivity contribution in [2.45, 2.75) is 13.5 Å². The van der Waals surface area contributed by atoms with E-state index in [2.05, 4.69) is 22.2 Å². The van der Waals surface area contributed by atoms with Gasteiger partial charge in [0, 0.05) is 53.5 Å². The summed E-state index contributed by atoms with van der Waals surface area (Å²) in [6.07, 6.45) is 7.27. The van der Waals surface area contributed by atoms with E-state index < -0.39 is 0 Å². The third kappa shape index (κ3) is 2.28. The van der Waals surface area contributed by atoms with Crippen molar-refractivity contribution in [3.05, 3.63) is 60.2 Å². The molecule has 2 aromatic heterocycles. The maximum absolute atomic E-state index is 5.98. The zero-order valence-electron chi connectivity index (χ0n) is 11.3. The third-order valence-corrected chi connectivity index (χ3v) is 3.46. The molecule has 0 amide bonds. The smallest absolute Gasteiger partial charge is 0.0425 e. The Morgan fingerprint density at radius 1 is 1.00 bits per heavy atom. The number of rotatable bonds is 3. The van der Waals surface area contributed by atoms with Crippen LogP contribution in [0.5, 0.6) is 0 Å². The third-order valence-electron chi connectivity index (χ3n) is 3.46. The maximum Gasteiger partial charge on any atom is 0.0425 e. The monoisotopic (exact) mass is 264 g/mol. The van der Waals surface area contributed by atoms with E-state index in [0.717, 1.165) is 28.7 Å². The molecule has 1 aromatic carbocycles. The Kier molecular flexibility index (Phi) is 3.21. The van der Waals surface area contributed by atoms with E-state index in [-0.39, 0.29) is 0 Å². The van der Waals surface area contributed by atoms with Crippen LogP contribution in [0, 0.1) is 6.92 Å². The standard InChI is InChI=1S/C16H16N4/c1-11-8-18-6-4-12(11)9-20-16-3-2-15(17)14-10-19-7-5-13(14)16/h2-8,10,20H,9,17H2,1H3. The van der Waals surface area contributed by atoms with Gasteiger partial charge in [0.1, 0.15) is 0 Å². The van der Waals surface area contributed by atoms with E-state index in [1.807, 2.05) is 36.7 Å². The van der Waals surface area contributed by atoms with Crippen molar-refractivity contribution in [1.82, 2.24) is 9.97 Å². The number of anilines is 2. The van der Waals surface area contributed by atoms with Gasteiger partial charge >= 0.3 is 0 Å². The van der Waals surface area contributed by atoms with E-state index in [1.54, 1.807) is 12.4 Å². The highest BCUT2D eigenvalue weighted by Gasteiger charge is 2.04. The summed E-state index contributed by atoms with van der Waals surface area (Å²) in [7, 11) is 0. The summed E-state index contributed by atoms with van der Waals surface area (Å²) >= 11 is 0. The summed E-state index contributed by atoms with van der Waals surface area (Å²) < 4.78 is 0. The van der Waals surface area contributed by atoms with Gasteiger partial charge in [0.05, 0.1) is 0 Å². The number of pyridine rings is 2. The topological polar surface area (TPSA) is 63.8 Å². The Balaban J connectivity index is 1.92. The lowest BCUT2D eigenvalue weighted by Crippen LogP contribution is -2.02. The SMILES string of the molecule is Cc1cnccc1CNc1ccc(N)c2cnccc12. The first-order valence-electron chi connectivity index (χ1n) is 6.51. The molecule has 0 saturated heterocycles. The minimum Gasteiger partial charge on any atom is -0.398 e. The average molecular weight is 264 g/mol. The second-order valence-corrected chi connectivity index (χ2v) is 4.78. The first kappa shape index (κ1) is 12.4. The maximum atomic E-state index is 5.98. The molecule has 0 radical (unpaired) electrons. The van der Waals surface area contributed by atoms with Gasteiger partial charge in [-0.05, 0) is 42.3 Å². The van der Waals surface area contributed by atoms with Crippen molar-refractivity contribution >= 4 is 22.1 Å². The van der Waals surface area contributed by atoms with Gasteiger partial charge in [0.15, 0.2) is 0 Å². The van der Waals surface area contributed by atoms with Crippen molar-refractivity contribution < 1.29 is 0 Å². The molecule has 0 aliphatic rings. The molecular formula is C16H16N4. The second kappa shape index (κ2) is 5.17. The van der Waals surface area contributed by atoms with Crippen molar-refractivity contribution in [1.29, 1.82) is 0 Å². The highest BCUT2D eigenvalue weighted by Crippen LogP contribution is 2.27. The number of benzene rings is 1. The Bertz CT molecular complexity index is 752. The van der Waals surface area contributed by atoms with Crippen LogP contribution in [0.4, 0.5) is 11.4 Å². The van der Waals surface area contributed by atoms with Crippen molar-refractivity contribution in [3.63, 3.8) is 0 Å². The fraction of sp³-hybridized carbons (Fsp3) is 0.125. The lowest BCUT2D eigenvalue weighted by molar-refractivity contribution is 1.09. The fourth-order valence-electron chi connectivity index (χ4n) is 2.26. The summed E-state index contributed by atoms with van der Waals surface area (Å²) in [6, 6.07) is 7.93. The molecule has 20 heavy (non-hydrogen) atoms. The van der Waals surface area contributed by atoms with Crippen LogP contribution in [-0.2, 0) is 6.54 Å². The number of hydrogen-bond acceptors (Lipinski definition) is 4. The van der Waals surface area contributed by atoms with Gasteiger partial charge < -0.3 is 11.1 Å². The Hall–Kier alpha value is -2.62. The molecule has 3 rings (SSSR count). The van der Waals surface area contributed by atoms with Gasteiger partial charge in [-0.2, -0.15) is 0 Å². The molecule has 0 spiro atoms. The lowest BCUT2D eigenvalue weighted by atomic mass is 10.1. The Morgan fingerprint density at radius 2 is 1.80 bits per heavy atom. The van der Waals surface area contributed by atoms with E-state index >= 15 is 0 Å². The predicted molar refractivity (Wildman–Crippen MR) is 82.5 cm³/mol. The van der Waals surface area contributed by atoms with E-state index in [1.165, 1.54) is 11.1 Å². The van der Waals surface area contributed by atoms with E-state index in [0.29, 0.717) is 0 Å². The number of hydrogen-bond donors (Lipinski definition) is 2. The molecule has 0 fully saturated rings. The molecular weight excluding hydrogens is 248 g/mol.